The van der Waals surface area contributed by atoms with Crippen LogP contribution in [0.5, 0.6) is 0 Å². The Kier molecular flexibility index (Phi) is 10.7. The van der Waals surface area contributed by atoms with Gasteiger partial charge in [-0.25, -0.2) is 0 Å². The van der Waals surface area contributed by atoms with E-state index in [1.54, 1.807) is 0 Å². The summed E-state index contributed by atoms with van der Waals surface area (Å²) in [6.07, 6.45) is 0. The van der Waals surface area contributed by atoms with Gasteiger partial charge in [0.15, 0.2) is 0 Å². The number of para-hydroxylation sites is 3. The summed E-state index contributed by atoms with van der Waals surface area (Å²) in [5.74, 6) is 0. The third kappa shape index (κ3) is 7.55. The summed E-state index contributed by atoms with van der Waals surface area (Å²) >= 11 is 0. The molecule has 0 aliphatic heterocycles. The SMILES string of the molecule is CC(C)(C)c1ccc(-c2ccccc2-c2ccc(N(c3ccccc3-c3ccccc3-c3ccc(C(C)(C)C)cc3)c3ccc4ccc5c(-n6c7ccccc7c7ccccc76)ccc6ccc3c4c65)cc2)cc1. The highest BCUT2D eigenvalue weighted by Gasteiger charge is 2.25. The summed E-state index contributed by atoms with van der Waals surface area (Å²) in [6, 6.07) is 90.6. The van der Waals surface area contributed by atoms with E-state index in [4.69, 9.17) is 0 Å². The minimum absolute atomic E-state index is 0.0632. The molecular weight excluding hydrogens is 893 g/mol. The van der Waals surface area contributed by atoms with Crippen LogP contribution in [0.25, 0.3) is 104 Å². The van der Waals surface area contributed by atoms with Gasteiger partial charge in [-0.05, 0) is 125 Å². The molecule has 0 aliphatic rings. The quantitative estimate of drug-likeness (QED) is 0.138. The highest BCUT2D eigenvalue weighted by Crippen LogP contribution is 2.49. The molecule has 1 heterocycles. The third-order valence-corrected chi connectivity index (χ3v) is 15.5. The molecule has 0 amide bonds. The first kappa shape index (κ1) is 45.2. The second kappa shape index (κ2) is 17.5. The van der Waals surface area contributed by atoms with Gasteiger partial charge in [-0.3, -0.25) is 0 Å². The fourth-order valence-corrected chi connectivity index (χ4v) is 11.7. The lowest BCUT2D eigenvalue weighted by Crippen LogP contribution is -2.12. The average Bonchev–Trinajstić information content (AvgIpc) is 3.77. The maximum absolute atomic E-state index is 2.51. The minimum atomic E-state index is 0.0632. The molecule has 74 heavy (non-hydrogen) atoms. The van der Waals surface area contributed by atoms with Crippen molar-refractivity contribution >= 4 is 71.2 Å². The number of fused-ring (bicyclic) bond motifs is 3. The molecule has 0 spiro atoms. The predicted molar refractivity (Wildman–Crippen MR) is 318 cm³/mol. The van der Waals surface area contributed by atoms with Crippen molar-refractivity contribution in [3.63, 3.8) is 0 Å². The van der Waals surface area contributed by atoms with Gasteiger partial charge in [0.1, 0.15) is 0 Å². The second-order valence-corrected chi connectivity index (χ2v) is 22.1. The van der Waals surface area contributed by atoms with Crippen molar-refractivity contribution in [3.05, 3.63) is 254 Å². The lowest BCUT2D eigenvalue weighted by molar-refractivity contribution is 0.590. The molecule has 356 valence electrons. The zero-order chi connectivity index (χ0) is 50.3. The Hall–Kier alpha value is -8.72. The molecule has 2 nitrogen and oxygen atoms in total. The molecule has 0 saturated heterocycles. The first-order chi connectivity index (χ1) is 36.0. The number of hydrogen-bond acceptors (Lipinski definition) is 1. The Bertz CT molecular complexity index is 4180. The van der Waals surface area contributed by atoms with Gasteiger partial charge < -0.3 is 9.47 Å². The maximum Gasteiger partial charge on any atom is 0.0541 e. The fourth-order valence-electron chi connectivity index (χ4n) is 11.7. The van der Waals surface area contributed by atoms with Crippen LogP contribution < -0.4 is 4.90 Å². The van der Waals surface area contributed by atoms with E-state index in [2.05, 4.69) is 294 Å². The van der Waals surface area contributed by atoms with Crippen molar-refractivity contribution in [2.75, 3.05) is 4.90 Å². The summed E-state index contributed by atoms with van der Waals surface area (Å²) < 4.78 is 2.47. The van der Waals surface area contributed by atoms with Crippen LogP contribution in [0.1, 0.15) is 52.7 Å². The summed E-state index contributed by atoms with van der Waals surface area (Å²) in [7, 11) is 0. The summed E-state index contributed by atoms with van der Waals surface area (Å²) in [5.41, 5.74) is 19.3. The van der Waals surface area contributed by atoms with Crippen molar-refractivity contribution in [2.24, 2.45) is 0 Å². The Morgan fingerprint density at radius 3 is 1.24 bits per heavy atom. The van der Waals surface area contributed by atoms with Crippen LogP contribution in [0.3, 0.4) is 0 Å². The monoisotopic (exact) mass is 950 g/mol. The highest BCUT2D eigenvalue weighted by atomic mass is 15.1. The summed E-state index contributed by atoms with van der Waals surface area (Å²) in [6.45, 7) is 13.7. The van der Waals surface area contributed by atoms with Gasteiger partial charge >= 0.3 is 0 Å². The van der Waals surface area contributed by atoms with Gasteiger partial charge in [0, 0.05) is 32.8 Å². The van der Waals surface area contributed by atoms with E-state index >= 15 is 0 Å². The van der Waals surface area contributed by atoms with E-state index in [1.165, 1.54) is 110 Å². The summed E-state index contributed by atoms with van der Waals surface area (Å²) in [4.78, 5) is 2.51. The fraction of sp³-hybridized carbons (Fsp3) is 0.111. The Morgan fingerprint density at radius 1 is 0.297 bits per heavy atom. The standard InChI is InChI=1S/C72H58N2/c1-71(2,3)52-37-27-47(28-38-52)55-17-7-8-18-56(55)49-31-41-54(42-32-49)73(64-24-14-11-21-59(64)58-20-10-9-19-57(58)48-29-39-53(40-30-48)72(4,5)6)67-45-35-50-34-44-63-68(46-36-51-33-43-62(67)69(50)70(51)63)74-65-25-15-12-22-60(65)61-23-13-16-26-66(61)74/h7-46H,1-6H3. The third-order valence-electron chi connectivity index (χ3n) is 15.5. The molecule has 13 rings (SSSR count). The number of rotatable bonds is 8. The molecule has 1 aromatic heterocycles. The van der Waals surface area contributed by atoms with E-state index in [0.717, 1.165) is 22.6 Å². The van der Waals surface area contributed by atoms with Gasteiger partial charge in [-0.2, -0.15) is 0 Å². The van der Waals surface area contributed by atoms with E-state index in [1.807, 2.05) is 0 Å². The van der Waals surface area contributed by atoms with Crippen LogP contribution in [-0.2, 0) is 10.8 Å². The van der Waals surface area contributed by atoms with Crippen LogP contribution >= 0.6 is 0 Å². The number of aromatic nitrogens is 1. The van der Waals surface area contributed by atoms with Gasteiger partial charge in [0.05, 0.1) is 28.1 Å². The maximum atomic E-state index is 2.51. The molecule has 0 atom stereocenters. The molecule has 0 radical (unpaired) electrons. The molecule has 0 saturated carbocycles. The molecule has 2 heteroatoms. The summed E-state index contributed by atoms with van der Waals surface area (Å²) in [5, 5.41) is 9.96. The molecule has 0 N–H and O–H groups in total. The number of hydrogen-bond donors (Lipinski definition) is 0. The van der Waals surface area contributed by atoms with Crippen molar-refractivity contribution in [1.29, 1.82) is 0 Å². The molecule has 0 fully saturated rings. The largest absolute Gasteiger partial charge is 0.309 e. The van der Waals surface area contributed by atoms with E-state index in [9.17, 15) is 0 Å². The van der Waals surface area contributed by atoms with E-state index in [0.29, 0.717) is 0 Å². The lowest BCUT2D eigenvalue weighted by atomic mass is 9.85. The van der Waals surface area contributed by atoms with Crippen LogP contribution in [-0.4, -0.2) is 4.57 Å². The van der Waals surface area contributed by atoms with Crippen LogP contribution in [0.2, 0.25) is 0 Å². The zero-order valence-electron chi connectivity index (χ0n) is 43.0. The molecule has 0 aliphatic carbocycles. The van der Waals surface area contributed by atoms with Gasteiger partial charge in [-0.15, -0.1) is 0 Å². The molecule has 12 aromatic carbocycles. The molecule has 0 bridgehead atoms. The predicted octanol–water partition coefficient (Wildman–Crippen LogP) is 20.4. The second-order valence-electron chi connectivity index (χ2n) is 22.1. The van der Waals surface area contributed by atoms with Crippen molar-refractivity contribution < 1.29 is 0 Å². The normalized spacial score (nSPS) is 12.2. The minimum Gasteiger partial charge on any atom is -0.309 e. The van der Waals surface area contributed by atoms with Gasteiger partial charge in [0.2, 0.25) is 0 Å². The number of benzene rings is 12. The number of anilines is 3. The zero-order valence-corrected chi connectivity index (χ0v) is 43.0. The average molecular weight is 951 g/mol. The van der Waals surface area contributed by atoms with Crippen LogP contribution in [0, 0.1) is 0 Å². The number of nitrogens with zero attached hydrogens (tertiary/aromatic N) is 2. The van der Waals surface area contributed by atoms with Crippen molar-refractivity contribution in [3.8, 4) is 50.2 Å². The Labute approximate surface area is 434 Å². The molecule has 0 unspecified atom stereocenters. The first-order valence-electron chi connectivity index (χ1n) is 26.1. The van der Waals surface area contributed by atoms with Crippen LogP contribution in [0.15, 0.2) is 243 Å². The lowest BCUT2D eigenvalue weighted by Gasteiger charge is -2.30. The van der Waals surface area contributed by atoms with Crippen molar-refractivity contribution in [1.82, 2.24) is 4.57 Å². The van der Waals surface area contributed by atoms with E-state index < -0.39 is 0 Å². The van der Waals surface area contributed by atoms with E-state index in [-0.39, 0.29) is 10.8 Å². The Balaban J connectivity index is 1.02. The Morgan fingerprint density at radius 2 is 0.703 bits per heavy atom. The van der Waals surface area contributed by atoms with Crippen LogP contribution in [0.4, 0.5) is 17.1 Å². The smallest absolute Gasteiger partial charge is 0.0541 e. The first-order valence-corrected chi connectivity index (χ1v) is 26.1. The molecule has 13 aromatic rings. The topological polar surface area (TPSA) is 8.17 Å². The van der Waals surface area contributed by atoms with Crippen molar-refractivity contribution in [2.45, 2.75) is 52.4 Å². The molecular formula is C72H58N2. The van der Waals surface area contributed by atoms with Gasteiger partial charge in [0.25, 0.3) is 0 Å². The van der Waals surface area contributed by atoms with Gasteiger partial charge in [-0.1, -0.05) is 242 Å². The highest BCUT2D eigenvalue weighted by molar-refractivity contribution is 6.27.